The van der Waals surface area contributed by atoms with Gasteiger partial charge in [0.05, 0.1) is 12.3 Å². The Labute approximate surface area is 142 Å². The van der Waals surface area contributed by atoms with Gasteiger partial charge in [-0.3, -0.25) is 4.68 Å². The molecule has 4 nitrogen and oxygen atoms in total. The predicted octanol–water partition coefficient (Wildman–Crippen LogP) is 4.95. The maximum absolute atomic E-state index is 14.3. The predicted molar refractivity (Wildman–Crippen MR) is 93.8 cm³/mol. The van der Waals surface area contributed by atoms with Crippen molar-refractivity contribution in [2.24, 2.45) is 0 Å². The summed E-state index contributed by atoms with van der Waals surface area (Å²) in [6, 6.07) is 7.40. The molecule has 0 aliphatic carbocycles. The topological polar surface area (TPSA) is 42.4 Å². The van der Waals surface area contributed by atoms with Crippen LogP contribution < -0.4 is 0 Å². The molecule has 1 N–H and O–H groups in total. The highest BCUT2D eigenvalue weighted by Crippen LogP contribution is 2.30. The standard InChI is InChI=1S/C19H22FN3O/c1-7-23-17(15(20)12(2)22-23)18(24)16(21-6)13-8-10-14(11-9-13)19(3,4)5/h8-11,24H,7H2,1-5H3/b18-16+. The summed E-state index contributed by atoms with van der Waals surface area (Å²) in [6.07, 6.45) is 0. The molecule has 5 heteroatoms. The average Bonchev–Trinajstić information content (AvgIpc) is 2.82. The summed E-state index contributed by atoms with van der Waals surface area (Å²) in [7, 11) is 0. The van der Waals surface area contributed by atoms with E-state index in [9.17, 15) is 9.50 Å². The smallest absolute Gasteiger partial charge is 0.237 e. The van der Waals surface area contributed by atoms with Crippen LogP contribution in [-0.2, 0) is 12.0 Å². The monoisotopic (exact) mass is 327 g/mol. The lowest BCUT2D eigenvalue weighted by Crippen LogP contribution is -2.10. The number of rotatable bonds is 3. The largest absolute Gasteiger partial charge is 0.517 e. The molecular formula is C19H22FN3O. The fourth-order valence-corrected chi connectivity index (χ4v) is 2.51. The van der Waals surface area contributed by atoms with Gasteiger partial charge in [-0.25, -0.2) is 9.24 Å². The van der Waals surface area contributed by atoms with E-state index in [-0.39, 0.29) is 28.3 Å². The van der Waals surface area contributed by atoms with Crippen molar-refractivity contribution in [2.75, 3.05) is 0 Å². The molecule has 0 spiro atoms. The number of halogens is 1. The Morgan fingerprint density at radius 3 is 2.33 bits per heavy atom. The summed E-state index contributed by atoms with van der Waals surface area (Å²) in [5, 5.41) is 14.6. The minimum Gasteiger partial charge on any atom is -0.517 e. The van der Waals surface area contributed by atoms with Crippen LogP contribution in [-0.4, -0.2) is 14.9 Å². The first-order valence-electron chi connectivity index (χ1n) is 7.85. The zero-order valence-corrected chi connectivity index (χ0v) is 14.7. The van der Waals surface area contributed by atoms with Gasteiger partial charge >= 0.3 is 0 Å². The van der Waals surface area contributed by atoms with Crippen LogP contribution in [0.3, 0.4) is 0 Å². The molecule has 0 bridgehead atoms. The first kappa shape index (κ1) is 17.7. The van der Waals surface area contributed by atoms with Crippen molar-refractivity contribution >= 4 is 11.5 Å². The van der Waals surface area contributed by atoms with Crippen LogP contribution in [0.2, 0.25) is 0 Å². The Bertz CT molecular complexity index is 818. The highest BCUT2D eigenvalue weighted by atomic mass is 19.1. The number of aryl methyl sites for hydroxylation is 2. The number of nitrogens with zero attached hydrogens (tertiary/aromatic N) is 3. The third kappa shape index (κ3) is 3.18. The maximum atomic E-state index is 14.3. The summed E-state index contributed by atoms with van der Waals surface area (Å²) in [5.74, 6) is -0.977. The minimum absolute atomic E-state index is 0.00733. The maximum Gasteiger partial charge on any atom is 0.237 e. The lowest BCUT2D eigenvalue weighted by atomic mass is 9.86. The molecule has 0 saturated heterocycles. The van der Waals surface area contributed by atoms with Crippen molar-refractivity contribution in [3.05, 3.63) is 64.0 Å². The number of aliphatic hydroxyl groups is 1. The Kier molecular flexibility index (Phi) is 4.79. The number of hydrogen-bond acceptors (Lipinski definition) is 2. The summed E-state index contributed by atoms with van der Waals surface area (Å²) in [5.41, 5.74) is 1.84. The molecule has 0 amide bonds. The van der Waals surface area contributed by atoms with Gasteiger partial charge in [-0.1, -0.05) is 45.0 Å². The molecule has 1 aromatic heterocycles. The zero-order valence-electron chi connectivity index (χ0n) is 14.7. The molecule has 1 heterocycles. The second kappa shape index (κ2) is 6.48. The number of aromatic nitrogens is 2. The Morgan fingerprint density at radius 2 is 1.88 bits per heavy atom. The first-order valence-corrected chi connectivity index (χ1v) is 7.85. The van der Waals surface area contributed by atoms with E-state index in [1.54, 1.807) is 19.1 Å². The Hall–Kier alpha value is -2.61. The molecule has 0 radical (unpaired) electrons. The summed E-state index contributed by atoms with van der Waals surface area (Å²) in [6.45, 7) is 17.5. The number of benzene rings is 1. The minimum atomic E-state index is -0.596. The SMILES string of the molecule is [C-]#[N+]/C(=C(/O)c1c(F)c(C)nn1CC)c1ccc(C(C)(C)C)cc1. The molecule has 2 rings (SSSR count). The van der Waals surface area contributed by atoms with Gasteiger partial charge in [-0.15, -0.1) is 0 Å². The summed E-state index contributed by atoms with van der Waals surface area (Å²) >= 11 is 0. The van der Waals surface area contributed by atoms with E-state index in [2.05, 4.69) is 30.7 Å². The number of aliphatic hydroxyl groups excluding tert-OH is 1. The van der Waals surface area contributed by atoms with Gasteiger partial charge < -0.3 is 5.11 Å². The van der Waals surface area contributed by atoms with Gasteiger partial charge in [0.1, 0.15) is 5.69 Å². The molecular weight excluding hydrogens is 305 g/mol. The lowest BCUT2D eigenvalue weighted by molar-refractivity contribution is 0.487. The van der Waals surface area contributed by atoms with Crippen LogP contribution in [0.5, 0.6) is 0 Å². The van der Waals surface area contributed by atoms with Crippen molar-refractivity contribution < 1.29 is 9.50 Å². The van der Waals surface area contributed by atoms with Crippen LogP contribution in [0.25, 0.3) is 16.3 Å². The fraction of sp³-hybridized carbons (Fsp3) is 0.368. The van der Waals surface area contributed by atoms with Crippen molar-refractivity contribution in [3.63, 3.8) is 0 Å². The molecule has 0 atom stereocenters. The molecule has 24 heavy (non-hydrogen) atoms. The van der Waals surface area contributed by atoms with Crippen LogP contribution >= 0.6 is 0 Å². The normalized spacial score (nSPS) is 12.7. The van der Waals surface area contributed by atoms with Gasteiger partial charge in [0, 0.05) is 6.54 Å². The van der Waals surface area contributed by atoms with Gasteiger partial charge in [-0.05, 0) is 30.4 Å². The number of hydrogen-bond donors (Lipinski definition) is 1. The fourth-order valence-electron chi connectivity index (χ4n) is 2.51. The molecule has 126 valence electrons. The first-order chi connectivity index (χ1) is 11.2. The van der Waals surface area contributed by atoms with E-state index < -0.39 is 5.82 Å². The molecule has 2 aromatic rings. The Balaban J connectivity index is 2.59. The van der Waals surface area contributed by atoms with Gasteiger partial charge in [0.2, 0.25) is 5.70 Å². The van der Waals surface area contributed by atoms with Gasteiger partial charge in [0.25, 0.3) is 0 Å². The van der Waals surface area contributed by atoms with Crippen molar-refractivity contribution in [3.8, 4) is 0 Å². The zero-order chi connectivity index (χ0) is 18.1. The molecule has 0 saturated carbocycles. The molecule has 1 aromatic carbocycles. The van der Waals surface area contributed by atoms with Crippen LogP contribution in [0.4, 0.5) is 4.39 Å². The van der Waals surface area contributed by atoms with E-state index in [4.69, 9.17) is 6.57 Å². The summed E-state index contributed by atoms with van der Waals surface area (Å²) in [4.78, 5) is 3.42. The average molecular weight is 327 g/mol. The van der Waals surface area contributed by atoms with E-state index >= 15 is 0 Å². The third-order valence-electron chi connectivity index (χ3n) is 3.94. The molecule has 0 aliphatic rings. The van der Waals surface area contributed by atoms with E-state index in [1.807, 2.05) is 12.1 Å². The lowest BCUT2D eigenvalue weighted by Gasteiger charge is -2.19. The van der Waals surface area contributed by atoms with E-state index in [0.29, 0.717) is 12.1 Å². The van der Waals surface area contributed by atoms with Crippen molar-refractivity contribution in [1.82, 2.24) is 9.78 Å². The highest BCUT2D eigenvalue weighted by molar-refractivity contribution is 5.89. The third-order valence-corrected chi connectivity index (χ3v) is 3.94. The van der Waals surface area contributed by atoms with Crippen LogP contribution in [0, 0.1) is 19.3 Å². The van der Waals surface area contributed by atoms with E-state index in [0.717, 1.165) is 5.56 Å². The molecule has 0 fully saturated rings. The van der Waals surface area contributed by atoms with E-state index in [1.165, 1.54) is 11.6 Å². The quantitative estimate of drug-likeness (QED) is 0.640. The van der Waals surface area contributed by atoms with Crippen molar-refractivity contribution in [2.45, 2.75) is 46.6 Å². The second-order valence-electron chi connectivity index (χ2n) is 6.70. The summed E-state index contributed by atoms with van der Waals surface area (Å²) < 4.78 is 15.7. The van der Waals surface area contributed by atoms with Gasteiger partial charge in [-0.2, -0.15) is 5.10 Å². The Morgan fingerprint density at radius 1 is 1.29 bits per heavy atom. The molecule has 0 aliphatic heterocycles. The van der Waals surface area contributed by atoms with Crippen molar-refractivity contribution in [1.29, 1.82) is 0 Å². The van der Waals surface area contributed by atoms with Gasteiger partial charge in [0.15, 0.2) is 11.6 Å². The molecule has 0 unspecified atom stereocenters. The van der Waals surface area contributed by atoms with Crippen LogP contribution in [0.1, 0.15) is 50.2 Å². The highest BCUT2D eigenvalue weighted by Gasteiger charge is 2.22. The second-order valence-corrected chi connectivity index (χ2v) is 6.70. The van der Waals surface area contributed by atoms with Crippen LogP contribution in [0.15, 0.2) is 24.3 Å².